The molecular formula is C20H20ClN3O2. The predicted molar refractivity (Wildman–Crippen MR) is 99.8 cm³/mol. The zero-order valence-corrected chi connectivity index (χ0v) is 15.3. The molecule has 1 fully saturated rings. The van der Waals surface area contributed by atoms with Gasteiger partial charge >= 0.3 is 0 Å². The Morgan fingerprint density at radius 3 is 3.00 bits per heavy atom. The molecule has 5 nitrogen and oxygen atoms in total. The van der Waals surface area contributed by atoms with E-state index >= 15 is 0 Å². The Labute approximate surface area is 157 Å². The van der Waals surface area contributed by atoms with E-state index in [1.807, 2.05) is 19.1 Å². The third kappa shape index (κ3) is 4.21. The van der Waals surface area contributed by atoms with Gasteiger partial charge in [0.1, 0.15) is 11.3 Å². The summed E-state index contributed by atoms with van der Waals surface area (Å²) in [7, 11) is 0. The maximum Gasteiger partial charge on any atom is 0.269 e. The molecule has 6 heteroatoms. The van der Waals surface area contributed by atoms with E-state index in [9.17, 15) is 9.90 Å². The highest BCUT2D eigenvalue weighted by Crippen LogP contribution is 2.38. The molecule has 0 unspecified atom stereocenters. The van der Waals surface area contributed by atoms with Crippen LogP contribution in [0.3, 0.4) is 0 Å². The zero-order valence-electron chi connectivity index (χ0n) is 14.5. The van der Waals surface area contributed by atoms with Crippen molar-refractivity contribution in [2.45, 2.75) is 44.1 Å². The Kier molecular flexibility index (Phi) is 5.26. The lowest BCUT2D eigenvalue weighted by molar-refractivity contribution is 0.0510. The average Bonchev–Trinajstić information content (AvgIpc) is 2.60. The van der Waals surface area contributed by atoms with E-state index in [1.165, 1.54) is 6.20 Å². The Hall–Kier alpha value is -2.42. The monoisotopic (exact) mass is 369 g/mol. The van der Waals surface area contributed by atoms with Crippen molar-refractivity contribution in [3.8, 4) is 11.8 Å². The van der Waals surface area contributed by atoms with E-state index in [4.69, 9.17) is 17.3 Å². The summed E-state index contributed by atoms with van der Waals surface area (Å²) in [6.45, 7) is 1.81. The first-order valence-electron chi connectivity index (χ1n) is 8.51. The molecule has 1 aliphatic carbocycles. The standard InChI is InChI=1S/C20H20ClN3O2/c1-13-12-23-18(19(22)25)17(24-13)15-5-3-8-20(26,11-15)9-7-14-4-2-6-16(21)10-14/h2,4,6,10,12,15,26H,3,5,8,11H2,1H3,(H2,22,25)/t15-,20+/m0/s1. The summed E-state index contributed by atoms with van der Waals surface area (Å²) in [6, 6.07) is 7.20. The first-order chi connectivity index (χ1) is 12.4. The number of hydrogen-bond acceptors (Lipinski definition) is 4. The number of carbonyl (C=O) groups is 1. The molecule has 1 heterocycles. The van der Waals surface area contributed by atoms with Gasteiger partial charge in [-0.25, -0.2) is 4.98 Å². The van der Waals surface area contributed by atoms with Crippen molar-refractivity contribution in [2.75, 3.05) is 0 Å². The van der Waals surface area contributed by atoms with Crippen LogP contribution in [0.4, 0.5) is 0 Å². The number of nitrogens with two attached hydrogens (primary N) is 1. The van der Waals surface area contributed by atoms with Crippen molar-refractivity contribution in [1.82, 2.24) is 9.97 Å². The summed E-state index contributed by atoms with van der Waals surface area (Å²) in [5.74, 6) is 5.27. The predicted octanol–water partition coefficient (Wildman–Crippen LogP) is 2.98. The smallest absolute Gasteiger partial charge is 0.269 e. The number of aliphatic hydroxyl groups is 1. The molecule has 1 saturated carbocycles. The van der Waals surface area contributed by atoms with Gasteiger partial charge in [0.15, 0.2) is 0 Å². The van der Waals surface area contributed by atoms with Gasteiger partial charge < -0.3 is 10.8 Å². The van der Waals surface area contributed by atoms with Crippen molar-refractivity contribution >= 4 is 17.5 Å². The van der Waals surface area contributed by atoms with Gasteiger partial charge in [-0.2, -0.15) is 0 Å². The van der Waals surface area contributed by atoms with Crippen LogP contribution in [0, 0.1) is 18.8 Å². The maximum atomic E-state index is 11.7. The fourth-order valence-corrected chi connectivity index (χ4v) is 3.52. The first-order valence-corrected chi connectivity index (χ1v) is 8.88. The van der Waals surface area contributed by atoms with Crippen molar-refractivity contribution in [3.63, 3.8) is 0 Å². The van der Waals surface area contributed by atoms with Gasteiger partial charge in [-0.15, -0.1) is 0 Å². The SMILES string of the molecule is Cc1cnc(C(N)=O)c([C@H]2CCC[C@@](O)(C#Cc3cccc(Cl)c3)C2)n1. The summed E-state index contributed by atoms with van der Waals surface area (Å²) >= 11 is 5.98. The summed E-state index contributed by atoms with van der Waals surface area (Å²) in [4.78, 5) is 20.3. The number of hydrogen-bond donors (Lipinski definition) is 2. The molecule has 1 aromatic heterocycles. The van der Waals surface area contributed by atoms with Gasteiger partial charge in [0.25, 0.3) is 5.91 Å². The molecule has 2 aromatic rings. The van der Waals surface area contributed by atoms with E-state index in [-0.39, 0.29) is 11.6 Å². The second-order valence-electron chi connectivity index (χ2n) is 6.69. The number of nitrogens with zero attached hydrogens (tertiary/aromatic N) is 2. The second kappa shape index (κ2) is 7.45. The molecule has 3 N–H and O–H groups in total. The number of rotatable bonds is 2. The van der Waals surface area contributed by atoms with Crippen molar-refractivity contribution in [3.05, 3.63) is 58.1 Å². The van der Waals surface area contributed by atoms with Crippen LogP contribution >= 0.6 is 11.6 Å². The van der Waals surface area contributed by atoms with Crippen LogP contribution in [-0.4, -0.2) is 26.6 Å². The van der Waals surface area contributed by atoms with Crippen LogP contribution in [0.25, 0.3) is 0 Å². The van der Waals surface area contributed by atoms with Crippen LogP contribution in [0.5, 0.6) is 0 Å². The molecule has 3 rings (SSSR count). The second-order valence-corrected chi connectivity index (χ2v) is 7.13. The topological polar surface area (TPSA) is 89.1 Å². The van der Waals surface area contributed by atoms with Gasteiger partial charge in [0.05, 0.1) is 11.4 Å². The molecule has 0 radical (unpaired) electrons. The molecule has 0 bridgehead atoms. The molecule has 2 atom stereocenters. The Morgan fingerprint density at radius 1 is 1.46 bits per heavy atom. The molecule has 1 amide bonds. The molecular weight excluding hydrogens is 350 g/mol. The highest BCUT2D eigenvalue weighted by Gasteiger charge is 2.36. The van der Waals surface area contributed by atoms with Crippen LogP contribution in [0.2, 0.25) is 5.02 Å². The van der Waals surface area contributed by atoms with E-state index in [0.29, 0.717) is 29.3 Å². The molecule has 0 aliphatic heterocycles. The van der Waals surface area contributed by atoms with Crippen molar-refractivity contribution in [1.29, 1.82) is 0 Å². The molecule has 134 valence electrons. The van der Waals surface area contributed by atoms with E-state index in [2.05, 4.69) is 21.8 Å². The summed E-state index contributed by atoms with van der Waals surface area (Å²) < 4.78 is 0. The van der Waals surface area contributed by atoms with Crippen LogP contribution < -0.4 is 5.73 Å². The lowest BCUT2D eigenvalue weighted by Crippen LogP contribution is -2.34. The van der Waals surface area contributed by atoms with Crippen LogP contribution in [-0.2, 0) is 0 Å². The number of amides is 1. The fourth-order valence-electron chi connectivity index (χ4n) is 3.32. The number of primary amides is 1. The number of halogens is 1. The fraction of sp³-hybridized carbons (Fsp3) is 0.350. The highest BCUT2D eigenvalue weighted by molar-refractivity contribution is 6.30. The quantitative estimate of drug-likeness (QED) is 0.796. The summed E-state index contributed by atoms with van der Waals surface area (Å²) in [5, 5.41) is 11.6. The molecule has 1 aromatic carbocycles. The average molecular weight is 370 g/mol. The van der Waals surface area contributed by atoms with Crippen molar-refractivity contribution < 1.29 is 9.90 Å². The van der Waals surface area contributed by atoms with Gasteiger partial charge in [0.2, 0.25) is 0 Å². The lowest BCUT2D eigenvalue weighted by atomic mass is 9.76. The third-order valence-electron chi connectivity index (χ3n) is 4.53. The Morgan fingerprint density at radius 2 is 2.27 bits per heavy atom. The molecule has 0 saturated heterocycles. The number of aryl methyl sites for hydroxylation is 1. The molecule has 0 spiro atoms. The lowest BCUT2D eigenvalue weighted by Gasteiger charge is -2.33. The minimum Gasteiger partial charge on any atom is -0.378 e. The third-order valence-corrected chi connectivity index (χ3v) is 4.77. The maximum absolute atomic E-state index is 11.7. The van der Waals surface area contributed by atoms with E-state index in [1.54, 1.807) is 12.1 Å². The first kappa shape index (κ1) is 18.4. The molecule has 1 aliphatic rings. The van der Waals surface area contributed by atoms with Crippen LogP contribution in [0.15, 0.2) is 30.5 Å². The normalized spacial score (nSPS) is 22.3. The minimum atomic E-state index is -1.15. The van der Waals surface area contributed by atoms with E-state index in [0.717, 1.165) is 18.4 Å². The van der Waals surface area contributed by atoms with Gasteiger partial charge in [0, 0.05) is 22.7 Å². The molecule has 26 heavy (non-hydrogen) atoms. The summed E-state index contributed by atoms with van der Waals surface area (Å²) in [5.41, 5.74) is 6.49. The van der Waals surface area contributed by atoms with Crippen LogP contribution in [0.1, 0.15) is 59.0 Å². The largest absolute Gasteiger partial charge is 0.378 e. The van der Waals surface area contributed by atoms with E-state index < -0.39 is 11.5 Å². The van der Waals surface area contributed by atoms with Gasteiger partial charge in [-0.1, -0.05) is 29.5 Å². The minimum absolute atomic E-state index is 0.114. The number of carbonyl (C=O) groups excluding carboxylic acids is 1. The van der Waals surface area contributed by atoms with Crippen molar-refractivity contribution in [2.24, 2.45) is 5.73 Å². The highest BCUT2D eigenvalue weighted by atomic mass is 35.5. The zero-order chi connectivity index (χ0) is 18.7. The van der Waals surface area contributed by atoms with Gasteiger partial charge in [-0.05, 0) is 50.8 Å². The summed E-state index contributed by atoms with van der Waals surface area (Å²) in [6.07, 6.45) is 4.07. The van der Waals surface area contributed by atoms with Gasteiger partial charge in [-0.3, -0.25) is 9.78 Å². The Balaban J connectivity index is 1.88. The number of benzene rings is 1. The Bertz CT molecular complexity index is 903. The number of aromatic nitrogens is 2.